The number of nitrogens with one attached hydrogen (secondary N) is 1. The highest BCUT2D eigenvalue weighted by molar-refractivity contribution is 6.30. The van der Waals surface area contributed by atoms with Crippen molar-refractivity contribution in [3.63, 3.8) is 0 Å². The maximum absolute atomic E-state index is 13.1. The molecular formula is C24H23ClN2O3. The Labute approximate surface area is 181 Å². The lowest BCUT2D eigenvalue weighted by molar-refractivity contribution is 0.0953. The van der Waals surface area contributed by atoms with E-state index < -0.39 is 0 Å². The summed E-state index contributed by atoms with van der Waals surface area (Å²) < 4.78 is 5.10. The van der Waals surface area contributed by atoms with Gasteiger partial charge in [0.15, 0.2) is 0 Å². The molecule has 3 aromatic carbocycles. The topological polar surface area (TPSA) is 58.6 Å². The molecule has 0 saturated carbocycles. The molecule has 5 nitrogen and oxygen atoms in total. The molecule has 0 fully saturated rings. The van der Waals surface area contributed by atoms with Crippen molar-refractivity contribution in [3.05, 3.63) is 95.0 Å². The van der Waals surface area contributed by atoms with E-state index in [1.165, 1.54) is 0 Å². The van der Waals surface area contributed by atoms with Gasteiger partial charge in [0.2, 0.25) is 0 Å². The van der Waals surface area contributed by atoms with E-state index in [-0.39, 0.29) is 11.8 Å². The fourth-order valence-electron chi connectivity index (χ4n) is 2.99. The molecule has 0 aliphatic rings. The van der Waals surface area contributed by atoms with Crippen molar-refractivity contribution in [1.29, 1.82) is 0 Å². The molecule has 1 N–H and O–H groups in total. The normalized spacial score (nSPS) is 10.3. The van der Waals surface area contributed by atoms with Crippen molar-refractivity contribution < 1.29 is 14.3 Å². The third-order valence-corrected chi connectivity index (χ3v) is 4.85. The van der Waals surface area contributed by atoms with Gasteiger partial charge in [0.1, 0.15) is 5.75 Å². The minimum Gasteiger partial charge on any atom is -0.497 e. The second kappa shape index (κ2) is 10.5. The first-order chi connectivity index (χ1) is 14.6. The lowest BCUT2D eigenvalue weighted by atomic mass is 10.1. The Morgan fingerprint density at radius 1 is 0.900 bits per heavy atom. The van der Waals surface area contributed by atoms with E-state index >= 15 is 0 Å². The number of para-hydroxylation sites is 1. The zero-order valence-corrected chi connectivity index (χ0v) is 17.4. The van der Waals surface area contributed by atoms with Crippen LogP contribution in [0.4, 0.5) is 5.69 Å². The number of rotatable bonds is 8. The molecule has 2 amide bonds. The van der Waals surface area contributed by atoms with Gasteiger partial charge in [-0.25, -0.2) is 0 Å². The molecule has 0 spiro atoms. The summed E-state index contributed by atoms with van der Waals surface area (Å²) in [6, 6.07) is 23.2. The van der Waals surface area contributed by atoms with Gasteiger partial charge in [0.05, 0.1) is 7.11 Å². The van der Waals surface area contributed by atoms with Gasteiger partial charge in [-0.1, -0.05) is 29.8 Å². The van der Waals surface area contributed by atoms with Crippen LogP contribution < -0.4 is 15.0 Å². The predicted molar refractivity (Wildman–Crippen MR) is 120 cm³/mol. The van der Waals surface area contributed by atoms with Crippen molar-refractivity contribution in [2.75, 3.05) is 25.1 Å². The lowest BCUT2D eigenvalue weighted by Crippen LogP contribution is -2.34. The molecule has 6 heteroatoms. The molecule has 0 bridgehead atoms. The molecular weight excluding hydrogens is 400 g/mol. The number of carbonyl (C=O) groups is 2. The summed E-state index contributed by atoms with van der Waals surface area (Å²) >= 11 is 5.94. The minimum absolute atomic E-state index is 0.112. The Morgan fingerprint density at radius 2 is 1.53 bits per heavy atom. The number of carbonyl (C=O) groups excluding carboxylic acids is 2. The van der Waals surface area contributed by atoms with Gasteiger partial charge in [0.25, 0.3) is 11.8 Å². The van der Waals surface area contributed by atoms with Gasteiger partial charge >= 0.3 is 0 Å². The van der Waals surface area contributed by atoms with Crippen LogP contribution in [-0.2, 0) is 0 Å². The van der Waals surface area contributed by atoms with Gasteiger partial charge in [-0.15, -0.1) is 0 Å². The number of hydrogen-bond acceptors (Lipinski definition) is 3. The summed E-state index contributed by atoms with van der Waals surface area (Å²) in [5.74, 6) is 0.429. The van der Waals surface area contributed by atoms with Crippen molar-refractivity contribution in [2.45, 2.75) is 6.42 Å². The van der Waals surface area contributed by atoms with Gasteiger partial charge < -0.3 is 15.0 Å². The van der Waals surface area contributed by atoms with E-state index in [1.807, 2.05) is 30.3 Å². The number of hydrogen-bond donors (Lipinski definition) is 1. The summed E-state index contributed by atoms with van der Waals surface area (Å²) in [7, 11) is 1.58. The zero-order chi connectivity index (χ0) is 21.3. The average Bonchev–Trinajstić information content (AvgIpc) is 2.79. The number of anilines is 1. The van der Waals surface area contributed by atoms with Gasteiger partial charge in [-0.2, -0.15) is 0 Å². The van der Waals surface area contributed by atoms with Crippen LogP contribution in [0.1, 0.15) is 27.1 Å². The highest BCUT2D eigenvalue weighted by atomic mass is 35.5. The Bertz CT molecular complexity index is 974. The van der Waals surface area contributed by atoms with Crippen molar-refractivity contribution >= 4 is 29.1 Å². The van der Waals surface area contributed by atoms with Gasteiger partial charge in [-0.05, 0) is 67.1 Å². The maximum Gasteiger partial charge on any atom is 0.258 e. The standard InChI is InChI=1S/C24H23ClN2O3/c1-30-22-14-10-18(11-15-22)23(28)26-16-5-17-27(21-6-3-2-4-7-21)24(29)19-8-12-20(25)13-9-19/h2-4,6-15H,5,16-17H2,1H3,(H,26,28). The van der Waals surface area contributed by atoms with Crippen molar-refractivity contribution in [3.8, 4) is 5.75 Å². The summed E-state index contributed by atoms with van der Waals surface area (Å²) in [6.07, 6.45) is 0.607. The molecule has 0 heterocycles. The van der Waals surface area contributed by atoms with E-state index in [9.17, 15) is 9.59 Å². The molecule has 0 aromatic heterocycles. The molecule has 0 atom stereocenters. The number of amides is 2. The summed E-state index contributed by atoms with van der Waals surface area (Å²) in [6.45, 7) is 0.913. The third-order valence-electron chi connectivity index (χ3n) is 4.60. The second-order valence-electron chi connectivity index (χ2n) is 6.64. The molecule has 0 aliphatic heterocycles. The molecule has 3 rings (SSSR count). The quantitative estimate of drug-likeness (QED) is 0.529. The summed E-state index contributed by atoms with van der Waals surface area (Å²) in [4.78, 5) is 27.1. The first kappa shape index (κ1) is 21.4. The zero-order valence-electron chi connectivity index (χ0n) is 16.7. The highest BCUT2D eigenvalue weighted by Gasteiger charge is 2.17. The van der Waals surface area contributed by atoms with Crippen LogP contribution in [0, 0.1) is 0 Å². The molecule has 30 heavy (non-hydrogen) atoms. The largest absolute Gasteiger partial charge is 0.497 e. The Hall–Kier alpha value is -3.31. The monoisotopic (exact) mass is 422 g/mol. The van der Waals surface area contributed by atoms with E-state index in [0.717, 1.165) is 5.69 Å². The number of nitrogens with zero attached hydrogens (tertiary/aromatic N) is 1. The molecule has 0 unspecified atom stereocenters. The van der Waals surface area contributed by atoms with E-state index in [1.54, 1.807) is 60.5 Å². The second-order valence-corrected chi connectivity index (χ2v) is 7.07. The fraction of sp³-hybridized carbons (Fsp3) is 0.167. The van der Waals surface area contributed by atoms with Crippen LogP contribution in [0.2, 0.25) is 5.02 Å². The van der Waals surface area contributed by atoms with E-state index in [0.29, 0.717) is 41.4 Å². The summed E-state index contributed by atoms with van der Waals surface area (Å²) in [5.41, 5.74) is 1.93. The Morgan fingerprint density at radius 3 is 2.17 bits per heavy atom. The van der Waals surface area contributed by atoms with Gasteiger partial charge in [0, 0.05) is 34.9 Å². The number of methoxy groups -OCH3 is 1. The van der Waals surface area contributed by atoms with E-state index in [4.69, 9.17) is 16.3 Å². The number of ether oxygens (including phenoxy) is 1. The molecule has 3 aromatic rings. The van der Waals surface area contributed by atoms with Crippen LogP contribution in [0.5, 0.6) is 5.75 Å². The predicted octanol–water partition coefficient (Wildman–Crippen LogP) is 4.82. The van der Waals surface area contributed by atoms with E-state index in [2.05, 4.69) is 5.32 Å². The third kappa shape index (κ3) is 5.61. The van der Waals surface area contributed by atoms with Crippen LogP contribution in [-0.4, -0.2) is 32.0 Å². The molecule has 0 radical (unpaired) electrons. The average molecular weight is 423 g/mol. The SMILES string of the molecule is COc1ccc(C(=O)NCCCN(C(=O)c2ccc(Cl)cc2)c2ccccc2)cc1. The number of halogens is 1. The summed E-state index contributed by atoms with van der Waals surface area (Å²) in [5, 5.41) is 3.48. The minimum atomic E-state index is -0.159. The smallest absolute Gasteiger partial charge is 0.258 e. The van der Waals surface area contributed by atoms with Crippen LogP contribution in [0.15, 0.2) is 78.9 Å². The first-order valence-corrected chi connectivity index (χ1v) is 10.0. The molecule has 154 valence electrons. The van der Waals surface area contributed by atoms with Crippen LogP contribution >= 0.6 is 11.6 Å². The number of benzene rings is 3. The highest BCUT2D eigenvalue weighted by Crippen LogP contribution is 2.19. The van der Waals surface area contributed by atoms with Gasteiger partial charge in [-0.3, -0.25) is 9.59 Å². The molecule has 0 aliphatic carbocycles. The van der Waals surface area contributed by atoms with Crippen molar-refractivity contribution in [1.82, 2.24) is 5.32 Å². The Kier molecular flexibility index (Phi) is 7.46. The van der Waals surface area contributed by atoms with Crippen LogP contribution in [0.3, 0.4) is 0 Å². The first-order valence-electron chi connectivity index (χ1n) is 9.63. The van der Waals surface area contributed by atoms with Crippen LogP contribution in [0.25, 0.3) is 0 Å². The fourth-order valence-corrected chi connectivity index (χ4v) is 3.11. The van der Waals surface area contributed by atoms with Crippen molar-refractivity contribution in [2.24, 2.45) is 0 Å². The maximum atomic E-state index is 13.1. The molecule has 0 saturated heterocycles. The lowest BCUT2D eigenvalue weighted by Gasteiger charge is -2.23. The Balaban J connectivity index is 1.61.